The van der Waals surface area contributed by atoms with E-state index in [2.05, 4.69) is 0 Å². The summed E-state index contributed by atoms with van der Waals surface area (Å²) >= 11 is 0. The van der Waals surface area contributed by atoms with Gasteiger partial charge >= 0.3 is 0 Å². The number of fused-ring (bicyclic) bond motifs is 2. The highest BCUT2D eigenvalue weighted by Crippen LogP contribution is 2.41. The summed E-state index contributed by atoms with van der Waals surface area (Å²) in [7, 11) is 1.56. The predicted molar refractivity (Wildman–Crippen MR) is 184 cm³/mol. The van der Waals surface area contributed by atoms with Crippen LogP contribution in [0.3, 0.4) is 0 Å². The molecule has 4 aromatic rings. The van der Waals surface area contributed by atoms with Crippen LogP contribution in [0.5, 0.6) is 40.2 Å². The summed E-state index contributed by atoms with van der Waals surface area (Å²) in [6.45, 7) is 7.52. The Labute approximate surface area is 279 Å². The van der Waals surface area contributed by atoms with Gasteiger partial charge in [0.25, 0.3) is 0 Å². The smallest absolute Gasteiger partial charge is 0.171 e. The third kappa shape index (κ3) is 7.75. The number of aromatic hydroxyl groups is 4. The fourth-order valence-electron chi connectivity index (χ4n) is 5.51. The maximum atomic E-state index is 13.1. The molecule has 0 radical (unpaired) electrons. The third-order valence-corrected chi connectivity index (χ3v) is 8.17. The number of ether oxygens (including phenoxy) is 3. The van der Waals surface area contributed by atoms with Crippen LogP contribution < -0.4 is 14.2 Å². The molecule has 2 heterocycles. The molecule has 4 aromatic carbocycles. The van der Waals surface area contributed by atoms with Crippen LogP contribution in [0.1, 0.15) is 65.9 Å². The van der Waals surface area contributed by atoms with Crippen LogP contribution >= 0.6 is 0 Å². The number of phenols is 4. The number of hydrogen-bond donors (Lipinski definition) is 5. The van der Waals surface area contributed by atoms with Crippen molar-refractivity contribution in [2.24, 2.45) is 0 Å². The van der Waals surface area contributed by atoms with Crippen LogP contribution in [-0.4, -0.2) is 55.7 Å². The molecule has 0 aromatic heterocycles. The molecular formula is C39H40O9. The van der Waals surface area contributed by atoms with Gasteiger partial charge in [0.1, 0.15) is 51.4 Å². The van der Waals surface area contributed by atoms with E-state index >= 15 is 0 Å². The van der Waals surface area contributed by atoms with E-state index in [0.29, 0.717) is 40.4 Å². The largest absolute Gasteiger partial charge is 0.508 e. The maximum Gasteiger partial charge on any atom is 0.171 e. The molecule has 0 spiro atoms. The Bertz CT molecular complexity index is 1860. The van der Waals surface area contributed by atoms with Gasteiger partial charge < -0.3 is 39.7 Å². The average molecular weight is 653 g/mol. The van der Waals surface area contributed by atoms with Crippen molar-refractivity contribution in [2.75, 3.05) is 7.11 Å². The topological polar surface area (TPSA) is 146 Å². The predicted octanol–water partition coefficient (Wildman–Crippen LogP) is 7.06. The Balaban J connectivity index is 0.000000224. The number of carbonyl (C=O) groups excluding carboxylic acids is 1. The Morgan fingerprint density at radius 3 is 2.17 bits per heavy atom. The van der Waals surface area contributed by atoms with Gasteiger partial charge in [-0.05, 0) is 92.9 Å². The summed E-state index contributed by atoms with van der Waals surface area (Å²) in [6.07, 6.45) is 7.19. The maximum absolute atomic E-state index is 13.1. The number of ketones is 1. The molecule has 9 heteroatoms. The summed E-state index contributed by atoms with van der Waals surface area (Å²) in [6, 6.07) is 17.8. The van der Waals surface area contributed by atoms with Crippen molar-refractivity contribution in [3.05, 3.63) is 106 Å². The summed E-state index contributed by atoms with van der Waals surface area (Å²) in [5.41, 5.74) is 2.85. The van der Waals surface area contributed by atoms with E-state index in [4.69, 9.17) is 19.3 Å². The van der Waals surface area contributed by atoms with Gasteiger partial charge in [0.15, 0.2) is 5.78 Å². The number of Topliss-reactive ketones (excluding diaryl/α,β-unsaturated/α-hetero) is 1. The van der Waals surface area contributed by atoms with Gasteiger partial charge in [-0.1, -0.05) is 30.4 Å². The molecule has 2 aliphatic rings. The molecule has 0 aliphatic carbocycles. The van der Waals surface area contributed by atoms with E-state index in [-0.39, 0.29) is 40.8 Å². The lowest BCUT2D eigenvalue weighted by Crippen LogP contribution is -2.46. The van der Waals surface area contributed by atoms with Crippen molar-refractivity contribution in [1.29, 1.82) is 0 Å². The zero-order valence-electron chi connectivity index (χ0n) is 27.5. The van der Waals surface area contributed by atoms with Crippen molar-refractivity contribution in [3.8, 4) is 40.2 Å². The standard InChI is InChI=1S/C25H28O6.C14H12O3/c1-24(2)9-8-16-20(30-24)7-6-14(23(16)29-5)11-18(26)17-10-15-12-22(28)25(3,4)31-21(15)13-19(17)27;15-12-5-3-10(4-6-12)1-2-11-7-13(16)9-14(17)8-11/h6-10,13,22,27-28H,11-12H2,1-5H3;1-9,15-17H. The molecular weight excluding hydrogens is 612 g/mol. The van der Waals surface area contributed by atoms with E-state index in [9.17, 15) is 25.2 Å². The average Bonchev–Trinajstić information content (AvgIpc) is 3.00. The van der Waals surface area contributed by atoms with Crippen LogP contribution in [0.2, 0.25) is 0 Å². The van der Waals surface area contributed by atoms with Gasteiger partial charge in [0, 0.05) is 30.5 Å². The second-order valence-corrected chi connectivity index (χ2v) is 12.9. The monoisotopic (exact) mass is 652 g/mol. The number of carbonyl (C=O) groups is 1. The Hall–Kier alpha value is -5.41. The minimum absolute atomic E-state index is 0.0235. The zero-order chi connectivity index (χ0) is 34.8. The van der Waals surface area contributed by atoms with E-state index < -0.39 is 17.3 Å². The van der Waals surface area contributed by atoms with Crippen molar-refractivity contribution < 1.29 is 44.5 Å². The molecule has 1 unspecified atom stereocenters. The fraction of sp³-hybridized carbons (Fsp3) is 0.256. The quantitative estimate of drug-likeness (QED) is 0.109. The highest BCUT2D eigenvalue weighted by molar-refractivity contribution is 6.01. The van der Waals surface area contributed by atoms with Crippen LogP contribution in [0.4, 0.5) is 0 Å². The molecule has 1 atom stereocenters. The first kappa shape index (κ1) is 33.9. The lowest BCUT2D eigenvalue weighted by atomic mass is 9.89. The number of aliphatic hydroxyl groups is 1. The number of benzene rings is 4. The summed E-state index contributed by atoms with van der Waals surface area (Å²) in [5, 5.41) is 48.6. The van der Waals surface area contributed by atoms with Gasteiger partial charge in [0.2, 0.25) is 0 Å². The van der Waals surface area contributed by atoms with Gasteiger partial charge in [-0.3, -0.25) is 4.79 Å². The molecule has 48 heavy (non-hydrogen) atoms. The van der Waals surface area contributed by atoms with E-state index in [1.54, 1.807) is 69.5 Å². The number of hydrogen-bond acceptors (Lipinski definition) is 9. The highest BCUT2D eigenvalue weighted by atomic mass is 16.5. The summed E-state index contributed by atoms with van der Waals surface area (Å²) < 4.78 is 17.4. The van der Waals surface area contributed by atoms with Crippen LogP contribution in [0.15, 0.2) is 72.8 Å². The lowest BCUT2D eigenvalue weighted by molar-refractivity contribution is -0.0412. The third-order valence-electron chi connectivity index (χ3n) is 8.17. The number of phenolic OH excluding ortho intramolecular Hbond substituents is 4. The minimum Gasteiger partial charge on any atom is -0.508 e. The first-order chi connectivity index (χ1) is 22.6. The molecule has 5 N–H and O–H groups in total. The number of rotatable bonds is 6. The molecule has 6 rings (SSSR count). The van der Waals surface area contributed by atoms with E-state index in [1.165, 1.54) is 12.1 Å². The fourth-order valence-corrected chi connectivity index (χ4v) is 5.51. The summed E-state index contributed by atoms with van der Waals surface area (Å²) in [4.78, 5) is 13.1. The Morgan fingerprint density at radius 2 is 1.50 bits per heavy atom. The number of methoxy groups -OCH3 is 1. The molecule has 0 amide bonds. The molecule has 0 bridgehead atoms. The molecule has 0 fully saturated rings. The zero-order valence-corrected chi connectivity index (χ0v) is 27.5. The van der Waals surface area contributed by atoms with Gasteiger partial charge in [-0.25, -0.2) is 0 Å². The van der Waals surface area contributed by atoms with Gasteiger partial charge in [0.05, 0.1) is 24.3 Å². The first-order valence-corrected chi connectivity index (χ1v) is 15.5. The lowest BCUT2D eigenvalue weighted by Gasteiger charge is -2.37. The molecule has 9 nitrogen and oxygen atoms in total. The van der Waals surface area contributed by atoms with E-state index in [0.717, 1.165) is 11.1 Å². The Kier molecular flexibility index (Phi) is 9.45. The second kappa shape index (κ2) is 13.4. The van der Waals surface area contributed by atoms with Crippen LogP contribution in [0, 0.1) is 0 Å². The normalized spacial score (nSPS) is 16.8. The van der Waals surface area contributed by atoms with Gasteiger partial charge in [-0.15, -0.1) is 0 Å². The SMILES string of the molecule is COc1c(CC(=O)c2cc3c(cc2O)OC(C)(C)C(O)C3)ccc2c1C=CC(C)(C)O2.Oc1ccc(C=Cc2cc(O)cc(O)c2)cc1. The van der Waals surface area contributed by atoms with Gasteiger partial charge in [-0.2, -0.15) is 0 Å². The number of aliphatic hydroxyl groups excluding tert-OH is 1. The van der Waals surface area contributed by atoms with Crippen molar-refractivity contribution in [2.45, 2.75) is 57.8 Å². The molecule has 2 aliphatic heterocycles. The highest BCUT2D eigenvalue weighted by Gasteiger charge is 2.36. The Morgan fingerprint density at radius 1 is 0.833 bits per heavy atom. The van der Waals surface area contributed by atoms with Crippen LogP contribution in [-0.2, 0) is 12.8 Å². The first-order valence-electron chi connectivity index (χ1n) is 15.5. The molecule has 0 saturated carbocycles. The summed E-state index contributed by atoms with van der Waals surface area (Å²) in [5.74, 6) is 1.64. The minimum atomic E-state index is -0.758. The second-order valence-electron chi connectivity index (χ2n) is 12.9. The molecule has 0 saturated heterocycles. The van der Waals surface area contributed by atoms with E-state index in [1.807, 2.05) is 44.2 Å². The molecule has 250 valence electrons. The van der Waals surface area contributed by atoms with Crippen molar-refractivity contribution in [3.63, 3.8) is 0 Å². The van der Waals surface area contributed by atoms with Crippen LogP contribution in [0.25, 0.3) is 18.2 Å². The van der Waals surface area contributed by atoms with Crippen molar-refractivity contribution >= 4 is 24.0 Å². The van der Waals surface area contributed by atoms with Crippen molar-refractivity contribution in [1.82, 2.24) is 0 Å².